The Morgan fingerprint density at radius 2 is 2.00 bits per heavy atom. The lowest BCUT2D eigenvalue weighted by atomic mass is 9.94. The summed E-state index contributed by atoms with van der Waals surface area (Å²) in [5, 5.41) is 0. The van der Waals surface area contributed by atoms with Crippen LogP contribution in [0.1, 0.15) is 39.0 Å². The minimum absolute atomic E-state index is 0.183. The minimum atomic E-state index is -0.624. The monoisotopic (exact) mass is 249 g/mol. The highest BCUT2D eigenvalue weighted by Gasteiger charge is 2.39. The molecule has 0 aromatic rings. The molecule has 1 amide bonds. The van der Waals surface area contributed by atoms with Gasteiger partial charge in [-0.05, 0) is 32.6 Å². The van der Waals surface area contributed by atoms with Crippen LogP contribution in [0.25, 0.3) is 0 Å². The average molecular weight is 250 g/mol. The van der Waals surface area contributed by atoms with Gasteiger partial charge in [-0.3, -0.25) is 4.90 Å². The third-order valence-corrected chi connectivity index (χ3v) is 3.43. The summed E-state index contributed by atoms with van der Waals surface area (Å²) in [7, 11) is 1.55. The molecule has 0 spiro atoms. The van der Waals surface area contributed by atoms with Crippen LogP contribution in [0.5, 0.6) is 0 Å². The largest absolute Gasteiger partial charge is 0.450 e. The highest BCUT2D eigenvalue weighted by molar-refractivity contribution is 6.24. The van der Waals surface area contributed by atoms with Crippen molar-refractivity contribution in [1.82, 2.24) is 4.90 Å². The standard InChI is InChI=1S/C11H20ClNO3/c1-3-16-10(14)13(9-15-2)11(12)7-5-4-6-8-11/h3-9H2,1-2H3. The fourth-order valence-electron chi connectivity index (χ4n) is 2.03. The molecule has 16 heavy (non-hydrogen) atoms. The minimum Gasteiger partial charge on any atom is -0.450 e. The molecule has 1 fully saturated rings. The van der Waals surface area contributed by atoms with Gasteiger partial charge in [-0.15, -0.1) is 0 Å². The van der Waals surface area contributed by atoms with Crippen LogP contribution in [0.4, 0.5) is 4.79 Å². The van der Waals surface area contributed by atoms with Crippen LogP contribution in [0, 0.1) is 0 Å². The number of methoxy groups -OCH3 is 1. The number of carbonyl (C=O) groups is 1. The fraction of sp³-hybridized carbons (Fsp3) is 0.909. The van der Waals surface area contributed by atoms with Crippen molar-refractivity contribution in [1.29, 1.82) is 0 Å². The van der Waals surface area contributed by atoms with Gasteiger partial charge in [0, 0.05) is 7.11 Å². The van der Waals surface area contributed by atoms with Crippen molar-refractivity contribution >= 4 is 17.7 Å². The van der Waals surface area contributed by atoms with Gasteiger partial charge < -0.3 is 9.47 Å². The summed E-state index contributed by atoms with van der Waals surface area (Å²) >= 11 is 6.50. The molecule has 0 radical (unpaired) electrons. The molecule has 94 valence electrons. The third-order valence-electron chi connectivity index (χ3n) is 2.85. The van der Waals surface area contributed by atoms with Gasteiger partial charge in [0.2, 0.25) is 0 Å². The normalized spacial score (nSPS) is 19.2. The second-order valence-electron chi connectivity index (χ2n) is 4.02. The van der Waals surface area contributed by atoms with Gasteiger partial charge in [0.1, 0.15) is 11.7 Å². The number of ether oxygens (including phenoxy) is 2. The van der Waals surface area contributed by atoms with Crippen LogP contribution >= 0.6 is 11.6 Å². The van der Waals surface area contributed by atoms with E-state index >= 15 is 0 Å². The molecule has 1 aliphatic rings. The molecule has 0 atom stereocenters. The Bertz CT molecular complexity index is 229. The van der Waals surface area contributed by atoms with Crippen molar-refractivity contribution in [2.24, 2.45) is 0 Å². The predicted molar refractivity (Wildman–Crippen MR) is 62.4 cm³/mol. The number of amides is 1. The molecule has 0 aliphatic heterocycles. The second kappa shape index (κ2) is 6.30. The maximum absolute atomic E-state index is 11.8. The molecule has 1 rings (SSSR count). The summed E-state index contributed by atoms with van der Waals surface area (Å²) in [5.41, 5.74) is 0. The number of nitrogens with zero attached hydrogens (tertiary/aromatic N) is 1. The lowest BCUT2D eigenvalue weighted by Gasteiger charge is -2.40. The summed E-state index contributed by atoms with van der Waals surface area (Å²) < 4.78 is 10.0. The summed E-state index contributed by atoms with van der Waals surface area (Å²) in [5.74, 6) is 0. The molecule has 0 saturated heterocycles. The highest BCUT2D eigenvalue weighted by atomic mass is 35.5. The topological polar surface area (TPSA) is 38.8 Å². The van der Waals surface area contributed by atoms with E-state index < -0.39 is 5.00 Å². The van der Waals surface area contributed by atoms with Crippen LogP contribution in [0.2, 0.25) is 0 Å². The second-order valence-corrected chi connectivity index (χ2v) is 4.73. The Morgan fingerprint density at radius 1 is 1.38 bits per heavy atom. The van der Waals surface area contributed by atoms with Crippen molar-refractivity contribution in [3.8, 4) is 0 Å². The van der Waals surface area contributed by atoms with E-state index in [-0.39, 0.29) is 12.8 Å². The summed E-state index contributed by atoms with van der Waals surface area (Å²) in [6.45, 7) is 2.32. The zero-order valence-electron chi connectivity index (χ0n) is 10.00. The van der Waals surface area contributed by atoms with Gasteiger partial charge >= 0.3 is 6.09 Å². The van der Waals surface area contributed by atoms with Crippen molar-refractivity contribution < 1.29 is 14.3 Å². The van der Waals surface area contributed by atoms with Crippen LogP contribution in [0.3, 0.4) is 0 Å². The predicted octanol–water partition coefficient (Wildman–Crippen LogP) is 2.95. The Labute approximate surface area is 102 Å². The van der Waals surface area contributed by atoms with E-state index in [1.807, 2.05) is 0 Å². The van der Waals surface area contributed by atoms with Gasteiger partial charge in [0.15, 0.2) is 0 Å². The zero-order chi connectivity index (χ0) is 12.0. The van der Waals surface area contributed by atoms with Gasteiger partial charge in [-0.2, -0.15) is 0 Å². The fourth-order valence-corrected chi connectivity index (χ4v) is 2.41. The van der Waals surface area contributed by atoms with Gasteiger partial charge in [-0.25, -0.2) is 4.79 Å². The van der Waals surface area contributed by atoms with Gasteiger partial charge in [0.25, 0.3) is 0 Å². The molecule has 1 saturated carbocycles. The number of hydrogen-bond acceptors (Lipinski definition) is 3. The number of halogens is 1. The molecule has 0 heterocycles. The third kappa shape index (κ3) is 3.25. The first kappa shape index (κ1) is 13.6. The van der Waals surface area contributed by atoms with Crippen molar-refractivity contribution in [3.05, 3.63) is 0 Å². The summed E-state index contributed by atoms with van der Waals surface area (Å²) in [6.07, 6.45) is 4.49. The molecule has 0 aromatic carbocycles. The Kier molecular flexibility index (Phi) is 5.35. The Morgan fingerprint density at radius 3 is 2.50 bits per heavy atom. The molecule has 0 bridgehead atoms. The zero-order valence-corrected chi connectivity index (χ0v) is 10.8. The van der Waals surface area contributed by atoms with Crippen molar-refractivity contribution in [2.45, 2.75) is 44.0 Å². The number of rotatable bonds is 4. The van der Waals surface area contributed by atoms with E-state index in [2.05, 4.69) is 0 Å². The first-order valence-electron chi connectivity index (χ1n) is 5.76. The molecule has 0 unspecified atom stereocenters. The molecule has 4 nitrogen and oxygen atoms in total. The number of alkyl halides is 1. The maximum Gasteiger partial charge on any atom is 0.413 e. The molecule has 0 N–H and O–H groups in total. The van der Waals surface area contributed by atoms with Crippen LogP contribution in [-0.4, -0.2) is 36.4 Å². The van der Waals surface area contributed by atoms with E-state index in [0.29, 0.717) is 6.61 Å². The van der Waals surface area contributed by atoms with Crippen LogP contribution in [-0.2, 0) is 9.47 Å². The number of carbonyl (C=O) groups excluding carboxylic acids is 1. The van der Waals surface area contributed by atoms with Crippen molar-refractivity contribution in [3.63, 3.8) is 0 Å². The van der Waals surface area contributed by atoms with E-state index in [4.69, 9.17) is 21.1 Å². The Balaban J connectivity index is 2.70. The first-order valence-corrected chi connectivity index (χ1v) is 6.14. The molecular weight excluding hydrogens is 230 g/mol. The van der Waals surface area contributed by atoms with E-state index in [1.54, 1.807) is 14.0 Å². The molecule has 5 heteroatoms. The number of hydrogen-bond donors (Lipinski definition) is 0. The quantitative estimate of drug-likeness (QED) is 0.437. The smallest absolute Gasteiger partial charge is 0.413 e. The molecule has 0 aromatic heterocycles. The van der Waals surface area contributed by atoms with E-state index in [1.165, 1.54) is 11.3 Å². The van der Waals surface area contributed by atoms with E-state index in [9.17, 15) is 4.79 Å². The first-order chi connectivity index (χ1) is 7.64. The lowest BCUT2D eigenvalue weighted by Crippen LogP contribution is -2.50. The average Bonchev–Trinajstić information content (AvgIpc) is 2.27. The van der Waals surface area contributed by atoms with Crippen LogP contribution in [0.15, 0.2) is 0 Å². The summed E-state index contributed by atoms with van der Waals surface area (Å²) in [6, 6.07) is 0. The van der Waals surface area contributed by atoms with Gasteiger partial charge in [-0.1, -0.05) is 18.0 Å². The molecular formula is C11H20ClNO3. The summed E-state index contributed by atoms with van der Waals surface area (Å²) in [4.78, 5) is 12.6. The molecule has 1 aliphatic carbocycles. The van der Waals surface area contributed by atoms with Gasteiger partial charge in [0.05, 0.1) is 6.61 Å². The van der Waals surface area contributed by atoms with Crippen molar-refractivity contribution in [2.75, 3.05) is 20.4 Å². The SMILES string of the molecule is CCOC(=O)N(COC)C1(Cl)CCCCC1. The lowest BCUT2D eigenvalue weighted by molar-refractivity contribution is 0.000453. The highest BCUT2D eigenvalue weighted by Crippen LogP contribution is 2.37. The maximum atomic E-state index is 11.8. The van der Waals surface area contributed by atoms with E-state index in [0.717, 1.165) is 25.7 Å². The van der Waals surface area contributed by atoms with Crippen LogP contribution < -0.4 is 0 Å². The Hall–Kier alpha value is -0.480.